The van der Waals surface area contributed by atoms with Crippen LogP contribution >= 0.6 is 0 Å². The van der Waals surface area contributed by atoms with Gasteiger partial charge >= 0.3 is 0 Å². The number of Topliss-reactive ketones (excluding diaryl/α,β-unsaturated/α-hetero) is 1. The summed E-state index contributed by atoms with van der Waals surface area (Å²) in [6.45, 7) is 6.01. The number of unbranched alkanes of at least 4 members (excludes halogenated alkanes) is 8. The summed E-state index contributed by atoms with van der Waals surface area (Å²) in [6.07, 6.45) is 14.2. The first-order valence-corrected chi connectivity index (χ1v) is 11.9. The Morgan fingerprint density at radius 3 is 1.58 bits per heavy atom. The molecule has 0 atom stereocenters. The molecule has 0 aromatic heterocycles. The first kappa shape index (κ1) is 27.5. The number of nitrogens with zero attached hydrogens (tertiary/aromatic N) is 1. The number of ketones is 1. The molecule has 0 spiro atoms. The fourth-order valence-corrected chi connectivity index (χ4v) is 3.31. The molecule has 0 aromatic carbocycles. The van der Waals surface area contributed by atoms with Gasteiger partial charge in [0, 0.05) is 38.3 Å². The number of carbonyl (C=O) groups is 3. The Balaban J connectivity index is 1.69. The van der Waals surface area contributed by atoms with E-state index in [9.17, 15) is 14.4 Å². The van der Waals surface area contributed by atoms with Gasteiger partial charge in [0.2, 0.25) is 0 Å². The topological polar surface area (TPSA) is 82.1 Å². The molecule has 0 aromatic rings. The van der Waals surface area contributed by atoms with Crippen molar-refractivity contribution in [1.29, 1.82) is 0 Å². The number of ether oxygens (including phenoxy) is 3. The third-order valence-electron chi connectivity index (χ3n) is 5.13. The highest BCUT2D eigenvalue weighted by molar-refractivity contribution is 6.12. The van der Waals surface area contributed by atoms with Crippen LogP contribution in [0.1, 0.15) is 77.6 Å². The normalized spacial score (nSPS) is 13.5. The second-order valence-corrected chi connectivity index (χ2v) is 7.99. The van der Waals surface area contributed by atoms with E-state index in [0.717, 1.165) is 45.1 Å². The van der Waals surface area contributed by atoms with Crippen molar-refractivity contribution in [3.8, 4) is 0 Å². The maximum Gasteiger partial charge on any atom is 0.253 e. The Kier molecular flexibility index (Phi) is 17.0. The summed E-state index contributed by atoms with van der Waals surface area (Å²) in [4.78, 5) is 35.0. The molecule has 1 rings (SSSR count). The summed E-state index contributed by atoms with van der Waals surface area (Å²) < 4.78 is 16.5. The molecule has 7 nitrogen and oxygen atoms in total. The van der Waals surface area contributed by atoms with E-state index in [1.54, 1.807) is 6.92 Å². The lowest BCUT2D eigenvalue weighted by atomic mass is 10.1. The lowest BCUT2D eigenvalue weighted by molar-refractivity contribution is -0.136. The summed E-state index contributed by atoms with van der Waals surface area (Å²) >= 11 is 0. The highest BCUT2D eigenvalue weighted by Crippen LogP contribution is 2.11. The van der Waals surface area contributed by atoms with Crippen LogP contribution < -0.4 is 0 Å². The Morgan fingerprint density at radius 1 is 0.645 bits per heavy atom. The fraction of sp³-hybridized carbons (Fsp3) is 0.792. The minimum Gasteiger partial charge on any atom is -0.379 e. The highest BCUT2D eigenvalue weighted by atomic mass is 16.5. The second-order valence-electron chi connectivity index (χ2n) is 7.99. The first-order valence-electron chi connectivity index (χ1n) is 11.9. The van der Waals surface area contributed by atoms with Gasteiger partial charge < -0.3 is 19.0 Å². The Bertz CT molecular complexity index is 516. The van der Waals surface area contributed by atoms with Gasteiger partial charge in [-0.3, -0.25) is 14.5 Å². The molecule has 0 bridgehead atoms. The molecule has 0 aliphatic carbocycles. The molecule has 0 radical (unpaired) electrons. The average molecular weight is 440 g/mol. The third-order valence-corrected chi connectivity index (χ3v) is 5.13. The number of imide groups is 1. The predicted octanol–water partition coefficient (Wildman–Crippen LogP) is 3.84. The zero-order valence-corrected chi connectivity index (χ0v) is 19.3. The van der Waals surface area contributed by atoms with Crippen LogP contribution in [0.25, 0.3) is 0 Å². The smallest absolute Gasteiger partial charge is 0.253 e. The van der Waals surface area contributed by atoms with Gasteiger partial charge in [-0.05, 0) is 32.6 Å². The second kappa shape index (κ2) is 19.1. The van der Waals surface area contributed by atoms with Gasteiger partial charge in [0.1, 0.15) is 5.78 Å². The molecule has 7 heteroatoms. The lowest BCUT2D eigenvalue weighted by Crippen LogP contribution is -2.30. The van der Waals surface area contributed by atoms with Crippen molar-refractivity contribution in [3.63, 3.8) is 0 Å². The van der Waals surface area contributed by atoms with Crippen LogP contribution in [0.5, 0.6) is 0 Å². The molecule has 0 N–H and O–H groups in total. The summed E-state index contributed by atoms with van der Waals surface area (Å²) in [7, 11) is 0. The van der Waals surface area contributed by atoms with E-state index in [2.05, 4.69) is 0 Å². The van der Waals surface area contributed by atoms with Crippen molar-refractivity contribution in [2.45, 2.75) is 77.6 Å². The van der Waals surface area contributed by atoms with Gasteiger partial charge in [-0.1, -0.05) is 38.5 Å². The number of hydrogen-bond donors (Lipinski definition) is 0. The number of carbonyl (C=O) groups excluding carboxylic acids is 3. The fourth-order valence-electron chi connectivity index (χ4n) is 3.31. The molecule has 178 valence electrons. The Hall–Kier alpha value is -1.57. The summed E-state index contributed by atoms with van der Waals surface area (Å²) in [5, 5.41) is 0. The van der Waals surface area contributed by atoms with Gasteiger partial charge in [0.25, 0.3) is 11.8 Å². The Morgan fingerprint density at radius 2 is 1.06 bits per heavy atom. The molecule has 0 saturated carbocycles. The molecule has 31 heavy (non-hydrogen) atoms. The minimum atomic E-state index is -0.179. The molecule has 0 saturated heterocycles. The number of hydrogen-bond acceptors (Lipinski definition) is 6. The predicted molar refractivity (Wildman–Crippen MR) is 120 cm³/mol. The van der Waals surface area contributed by atoms with Crippen molar-refractivity contribution in [3.05, 3.63) is 12.2 Å². The van der Waals surface area contributed by atoms with Crippen LogP contribution in [0, 0.1) is 0 Å². The van der Waals surface area contributed by atoms with E-state index in [-0.39, 0.29) is 17.6 Å². The minimum absolute atomic E-state index is 0.179. The molecule has 1 aliphatic heterocycles. The maximum atomic E-state index is 11.4. The van der Waals surface area contributed by atoms with Crippen molar-refractivity contribution in [1.82, 2.24) is 4.90 Å². The average Bonchev–Trinajstić information content (AvgIpc) is 3.06. The molecular formula is C24H41NO6. The monoisotopic (exact) mass is 439 g/mol. The van der Waals surface area contributed by atoms with Crippen LogP contribution in [0.3, 0.4) is 0 Å². The Labute approximate surface area is 187 Å². The highest BCUT2D eigenvalue weighted by Gasteiger charge is 2.21. The van der Waals surface area contributed by atoms with Crippen molar-refractivity contribution >= 4 is 17.6 Å². The SMILES string of the molecule is CC(=O)CCCCOCCOCCOCCCCCCCCCCN1C(=O)C=CC1=O. The van der Waals surface area contributed by atoms with E-state index in [4.69, 9.17) is 14.2 Å². The summed E-state index contributed by atoms with van der Waals surface area (Å²) in [6, 6.07) is 0. The van der Waals surface area contributed by atoms with Gasteiger partial charge in [-0.25, -0.2) is 0 Å². The van der Waals surface area contributed by atoms with E-state index in [0.29, 0.717) is 46.0 Å². The van der Waals surface area contributed by atoms with Gasteiger partial charge in [0.15, 0.2) is 0 Å². The summed E-state index contributed by atoms with van der Waals surface area (Å²) in [5.74, 6) is -0.121. The molecular weight excluding hydrogens is 398 g/mol. The zero-order valence-electron chi connectivity index (χ0n) is 19.3. The van der Waals surface area contributed by atoms with Crippen LogP contribution in [-0.2, 0) is 28.6 Å². The molecule has 0 unspecified atom stereocenters. The van der Waals surface area contributed by atoms with Crippen LogP contribution in [0.4, 0.5) is 0 Å². The standard InChI is InChI=1S/C24H41NO6/c1-22(26)12-8-11-17-30-19-21-31-20-18-29-16-10-7-5-3-2-4-6-9-15-25-23(27)13-14-24(25)28/h13-14H,2-12,15-21H2,1H3. The largest absolute Gasteiger partial charge is 0.379 e. The van der Waals surface area contributed by atoms with Crippen LogP contribution in [-0.4, -0.2) is 68.7 Å². The van der Waals surface area contributed by atoms with Crippen molar-refractivity contribution < 1.29 is 28.6 Å². The lowest BCUT2D eigenvalue weighted by Gasteiger charge is -2.13. The molecule has 0 fully saturated rings. The van der Waals surface area contributed by atoms with Crippen molar-refractivity contribution in [2.24, 2.45) is 0 Å². The number of amides is 2. The van der Waals surface area contributed by atoms with Gasteiger partial charge in [-0.15, -0.1) is 0 Å². The van der Waals surface area contributed by atoms with Crippen LogP contribution in [0.15, 0.2) is 12.2 Å². The van der Waals surface area contributed by atoms with Gasteiger partial charge in [0.05, 0.1) is 26.4 Å². The summed E-state index contributed by atoms with van der Waals surface area (Å²) in [5.41, 5.74) is 0. The van der Waals surface area contributed by atoms with Crippen LogP contribution in [0.2, 0.25) is 0 Å². The van der Waals surface area contributed by atoms with E-state index in [1.165, 1.54) is 42.7 Å². The zero-order chi connectivity index (χ0) is 22.6. The van der Waals surface area contributed by atoms with Crippen molar-refractivity contribution in [2.75, 3.05) is 46.2 Å². The maximum absolute atomic E-state index is 11.4. The molecule has 1 aliphatic rings. The van der Waals surface area contributed by atoms with E-state index < -0.39 is 0 Å². The quantitative estimate of drug-likeness (QED) is 0.188. The molecule has 1 heterocycles. The molecule has 2 amide bonds. The van der Waals surface area contributed by atoms with E-state index >= 15 is 0 Å². The van der Waals surface area contributed by atoms with E-state index in [1.807, 2.05) is 0 Å². The van der Waals surface area contributed by atoms with Gasteiger partial charge in [-0.2, -0.15) is 0 Å². The first-order chi connectivity index (χ1) is 15.1. The number of rotatable bonds is 22. The third kappa shape index (κ3) is 15.8.